The molecule has 0 unspecified atom stereocenters. The molecule has 0 saturated carbocycles. The third-order valence-electron chi connectivity index (χ3n) is 2.05. The Morgan fingerprint density at radius 3 is 2.84 bits per heavy atom. The largest absolute Gasteiger partial charge is 0.432 e. The molecule has 19 heavy (non-hydrogen) atoms. The van der Waals surface area contributed by atoms with Gasteiger partial charge in [-0.25, -0.2) is 4.98 Å². The Labute approximate surface area is 116 Å². The summed E-state index contributed by atoms with van der Waals surface area (Å²) in [6.07, 6.45) is 4.08. The summed E-state index contributed by atoms with van der Waals surface area (Å²) >= 11 is 3.23. The molecule has 2 rings (SSSR count). The average Bonchev–Trinajstić information content (AvgIpc) is 2.38. The minimum atomic E-state index is -0.611. The Kier molecular flexibility index (Phi) is 3.85. The lowest BCUT2D eigenvalue weighted by Crippen LogP contribution is -2.02. The third-order valence-corrected chi connectivity index (χ3v) is 2.48. The summed E-state index contributed by atoms with van der Waals surface area (Å²) < 4.78 is 6.06. The maximum atomic E-state index is 10.9. The van der Waals surface area contributed by atoms with Crippen molar-refractivity contribution in [1.82, 2.24) is 15.0 Å². The average molecular weight is 326 g/mol. The van der Waals surface area contributed by atoms with E-state index >= 15 is 0 Å². The molecule has 2 aromatic heterocycles. The van der Waals surface area contributed by atoms with Gasteiger partial charge in [0.15, 0.2) is 0 Å². The van der Waals surface area contributed by atoms with E-state index in [0.29, 0.717) is 10.2 Å². The fourth-order valence-electron chi connectivity index (χ4n) is 1.24. The molecule has 0 bridgehead atoms. The number of nitrogens with zero attached hydrogens (tertiary/aromatic N) is 4. The first-order chi connectivity index (χ1) is 9.10. The van der Waals surface area contributed by atoms with E-state index in [2.05, 4.69) is 36.2 Å². The van der Waals surface area contributed by atoms with Gasteiger partial charge in [0.25, 0.3) is 0 Å². The Bertz CT molecular complexity index is 622. The summed E-state index contributed by atoms with van der Waals surface area (Å²) in [5.74, 6) is 0.408. The fourth-order valence-corrected chi connectivity index (χ4v) is 1.58. The third kappa shape index (κ3) is 3.13. The van der Waals surface area contributed by atoms with Crippen LogP contribution in [0.3, 0.4) is 0 Å². The molecule has 9 heteroatoms. The van der Waals surface area contributed by atoms with E-state index in [1.54, 1.807) is 19.3 Å². The number of hydrogen-bond donors (Lipinski definition) is 1. The van der Waals surface area contributed by atoms with E-state index in [1.165, 1.54) is 6.20 Å². The highest BCUT2D eigenvalue weighted by molar-refractivity contribution is 9.10. The topological polar surface area (TPSA) is 103 Å². The lowest BCUT2D eigenvalue weighted by Gasteiger charge is -2.06. The zero-order valence-corrected chi connectivity index (χ0v) is 11.3. The summed E-state index contributed by atoms with van der Waals surface area (Å²) in [5.41, 5.74) is -0.320. The summed E-state index contributed by atoms with van der Waals surface area (Å²) in [7, 11) is 1.60. The summed E-state index contributed by atoms with van der Waals surface area (Å²) in [6, 6.07) is 1.62. The Balaban J connectivity index is 2.39. The first-order valence-electron chi connectivity index (χ1n) is 5.07. The number of ether oxygens (including phenoxy) is 1. The van der Waals surface area contributed by atoms with Gasteiger partial charge in [-0.2, -0.15) is 4.98 Å². The van der Waals surface area contributed by atoms with Crippen LogP contribution in [0.25, 0.3) is 0 Å². The lowest BCUT2D eigenvalue weighted by molar-refractivity contribution is -0.386. The van der Waals surface area contributed by atoms with Crippen molar-refractivity contribution >= 4 is 27.6 Å². The van der Waals surface area contributed by atoms with Crippen LogP contribution in [-0.2, 0) is 0 Å². The maximum absolute atomic E-state index is 10.9. The molecule has 1 N–H and O–H groups in total. The highest BCUT2D eigenvalue weighted by atomic mass is 79.9. The summed E-state index contributed by atoms with van der Waals surface area (Å²) in [5, 5.41) is 13.6. The zero-order valence-electron chi connectivity index (χ0n) is 9.70. The molecule has 0 amide bonds. The van der Waals surface area contributed by atoms with E-state index in [0.717, 1.165) is 6.20 Å². The van der Waals surface area contributed by atoms with Crippen LogP contribution in [0.1, 0.15) is 0 Å². The predicted octanol–water partition coefficient (Wildman–Crippen LogP) is 2.38. The van der Waals surface area contributed by atoms with Crippen LogP contribution in [0.15, 0.2) is 29.1 Å². The minimum absolute atomic E-state index is 0.149. The SMILES string of the molecule is CNc1ncc([N+](=O)[O-])c(Oc2cncc(Br)c2)n1. The highest BCUT2D eigenvalue weighted by Gasteiger charge is 2.19. The van der Waals surface area contributed by atoms with Crippen LogP contribution in [-0.4, -0.2) is 26.9 Å². The molecule has 0 fully saturated rings. The van der Waals surface area contributed by atoms with Gasteiger partial charge < -0.3 is 10.1 Å². The number of halogens is 1. The molecule has 8 nitrogen and oxygen atoms in total. The lowest BCUT2D eigenvalue weighted by atomic mass is 10.4. The monoisotopic (exact) mass is 325 g/mol. The summed E-state index contributed by atoms with van der Waals surface area (Å²) in [4.78, 5) is 21.8. The Hall–Kier alpha value is -2.29. The molecular weight excluding hydrogens is 318 g/mol. The van der Waals surface area contributed by atoms with E-state index in [9.17, 15) is 10.1 Å². The molecule has 0 aliphatic carbocycles. The van der Waals surface area contributed by atoms with Crippen molar-refractivity contribution in [3.8, 4) is 11.6 Å². The van der Waals surface area contributed by atoms with Gasteiger partial charge >= 0.3 is 11.6 Å². The number of anilines is 1. The molecule has 0 atom stereocenters. The second kappa shape index (κ2) is 5.57. The molecule has 0 spiro atoms. The standard InChI is InChI=1S/C10H8BrN5O3/c1-12-10-14-5-8(16(17)18)9(15-10)19-7-2-6(11)3-13-4-7/h2-5H,1H3,(H,12,14,15). The van der Waals surface area contributed by atoms with E-state index in [1.807, 2.05) is 0 Å². The van der Waals surface area contributed by atoms with Gasteiger partial charge in [-0.3, -0.25) is 15.1 Å². The quantitative estimate of drug-likeness (QED) is 0.679. The molecule has 0 aliphatic rings. The molecule has 0 aromatic carbocycles. The van der Waals surface area contributed by atoms with Gasteiger partial charge in [0.1, 0.15) is 11.9 Å². The number of aromatic nitrogens is 3. The van der Waals surface area contributed by atoms with Crippen molar-refractivity contribution in [3.05, 3.63) is 39.2 Å². The minimum Gasteiger partial charge on any atom is -0.432 e. The predicted molar refractivity (Wildman–Crippen MR) is 70.2 cm³/mol. The molecule has 0 aliphatic heterocycles. The van der Waals surface area contributed by atoms with Gasteiger partial charge in [0.05, 0.1) is 11.1 Å². The first-order valence-corrected chi connectivity index (χ1v) is 5.87. The second-order valence-electron chi connectivity index (χ2n) is 3.33. The number of nitrogens with one attached hydrogen (secondary N) is 1. The van der Waals surface area contributed by atoms with Crippen LogP contribution in [0, 0.1) is 10.1 Å². The van der Waals surface area contributed by atoms with Gasteiger partial charge in [0, 0.05) is 17.7 Å². The normalized spacial score (nSPS) is 10.0. The molecular formula is C10H8BrN5O3. The van der Waals surface area contributed by atoms with Crippen LogP contribution in [0.4, 0.5) is 11.6 Å². The second-order valence-corrected chi connectivity index (χ2v) is 4.25. The Morgan fingerprint density at radius 1 is 1.42 bits per heavy atom. The van der Waals surface area contributed by atoms with E-state index in [4.69, 9.17) is 4.74 Å². The molecule has 2 heterocycles. The van der Waals surface area contributed by atoms with Crippen molar-refractivity contribution in [2.75, 3.05) is 12.4 Å². The van der Waals surface area contributed by atoms with E-state index in [-0.39, 0.29) is 17.5 Å². The molecule has 98 valence electrons. The van der Waals surface area contributed by atoms with Crippen molar-refractivity contribution < 1.29 is 9.66 Å². The smallest absolute Gasteiger partial charge is 0.349 e. The molecule has 0 saturated heterocycles. The number of rotatable bonds is 4. The highest BCUT2D eigenvalue weighted by Crippen LogP contribution is 2.29. The summed E-state index contributed by atoms with van der Waals surface area (Å²) in [6.45, 7) is 0. The van der Waals surface area contributed by atoms with Gasteiger partial charge in [0.2, 0.25) is 5.95 Å². The number of nitro groups is 1. The van der Waals surface area contributed by atoms with Gasteiger partial charge in [-0.05, 0) is 22.0 Å². The number of hydrogen-bond acceptors (Lipinski definition) is 7. The van der Waals surface area contributed by atoms with Crippen LogP contribution in [0.2, 0.25) is 0 Å². The van der Waals surface area contributed by atoms with Crippen LogP contribution >= 0.6 is 15.9 Å². The van der Waals surface area contributed by atoms with Crippen molar-refractivity contribution in [2.45, 2.75) is 0 Å². The fraction of sp³-hybridized carbons (Fsp3) is 0.100. The zero-order chi connectivity index (χ0) is 13.8. The molecule has 0 radical (unpaired) electrons. The van der Waals surface area contributed by atoms with Crippen LogP contribution in [0.5, 0.6) is 11.6 Å². The van der Waals surface area contributed by atoms with Crippen molar-refractivity contribution in [2.24, 2.45) is 0 Å². The van der Waals surface area contributed by atoms with Crippen LogP contribution < -0.4 is 10.1 Å². The molecule has 2 aromatic rings. The van der Waals surface area contributed by atoms with E-state index < -0.39 is 4.92 Å². The maximum Gasteiger partial charge on any atom is 0.349 e. The van der Waals surface area contributed by atoms with Gasteiger partial charge in [-0.1, -0.05) is 0 Å². The van der Waals surface area contributed by atoms with Crippen molar-refractivity contribution in [1.29, 1.82) is 0 Å². The van der Waals surface area contributed by atoms with Crippen molar-refractivity contribution in [3.63, 3.8) is 0 Å². The first kappa shape index (κ1) is 13.1. The number of pyridine rings is 1. The Morgan fingerprint density at radius 2 is 2.21 bits per heavy atom. The van der Waals surface area contributed by atoms with Gasteiger partial charge in [-0.15, -0.1) is 0 Å².